The number of nitrogens with zero attached hydrogens (tertiary/aromatic N) is 1. The van der Waals surface area contributed by atoms with Gasteiger partial charge in [0.1, 0.15) is 5.75 Å². The lowest BCUT2D eigenvalue weighted by Crippen LogP contribution is -2.20. The van der Waals surface area contributed by atoms with Crippen LogP contribution in [0, 0.1) is 5.92 Å². The maximum absolute atomic E-state index is 12.5. The molecule has 0 aliphatic carbocycles. The number of ether oxygens (including phenoxy) is 1. The molecule has 0 radical (unpaired) electrons. The molecule has 26 heavy (non-hydrogen) atoms. The van der Waals surface area contributed by atoms with E-state index in [4.69, 9.17) is 4.74 Å². The van der Waals surface area contributed by atoms with Crippen LogP contribution in [0.25, 0.3) is 10.9 Å². The molecule has 1 atom stereocenters. The van der Waals surface area contributed by atoms with Crippen LogP contribution in [0.3, 0.4) is 0 Å². The molecule has 0 bridgehead atoms. The van der Waals surface area contributed by atoms with Gasteiger partial charge in [-0.05, 0) is 49.1 Å². The van der Waals surface area contributed by atoms with Gasteiger partial charge in [-0.15, -0.1) is 0 Å². The number of carbonyl (C=O) groups is 1. The summed E-state index contributed by atoms with van der Waals surface area (Å²) >= 11 is 0. The number of amides is 1. The zero-order valence-electron chi connectivity index (χ0n) is 15.2. The van der Waals surface area contributed by atoms with Crippen LogP contribution in [0.2, 0.25) is 0 Å². The van der Waals surface area contributed by atoms with E-state index in [0.717, 1.165) is 41.6 Å². The van der Waals surface area contributed by atoms with Crippen molar-refractivity contribution < 1.29 is 9.53 Å². The Labute approximate surface area is 154 Å². The van der Waals surface area contributed by atoms with Crippen LogP contribution in [-0.4, -0.2) is 18.0 Å². The molecule has 0 saturated heterocycles. The number of hydrogen-bond donors (Lipinski definition) is 1. The van der Waals surface area contributed by atoms with Crippen LogP contribution < -0.4 is 10.1 Å². The molecular weight excluding hydrogens is 324 g/mol. The summed E-state index contributed by atoms with van der Waals surface area (Å²) in [5, 5.41) is 4.06. The largest absolute Gasteiger partial charge is 0.497 e. The Balaban J connectivity index is 1.54. The van der Waals surface area contributed by atoms with Gasteiger partial charge in [-0.2, -0.15) is 0 Å². The molecule has 1 aromatic heterocycles. The minimum Gasteiger partial charge on any atom is -0.497 e. The molecule has 3 aromatic rings. The normalized spacial score (nSPS) is 11.9. The van der Waals surface area contributed by atoms with Crippen molar-refractivity contribution in [3.63, 3.8) is 0 Å². The van der Waals surface area contributed by atoms with Gasteiger partial charge in [0.05, 0.1) is 18.3 Å². The molecular formula is C22H24N2O2. The van der Waals surface area contributed by atoms with E-state index >= 15 is 0 Å². The van der Waals surface area contributed by atoms with Gasteiger partial charge in [0.2, 0.25) is 5.91 Å². The summed E-state index contributed by atoms with van der Waals surface area (Å²) in [6, 6.07) is 17.8. The molecule has 0 aliphatic heterocycles. The number of aryl methyl sites for hydroxylation is 1. The first-order valence-electron chi connectivity index (χ1n) is 8.95. The van der Waals surface area contributed by atoms with Gasteiger partial charge < -0.3 is 10.1 Å². The van der Waals surface area contributed by atoms with Crippen molar-refractivity contribution in [2.75, 3.05) is 12.4 Å². The number of methoxy groups -OCH3 is 1. The SMILES string of the molecule is COc1ccc(CCCC(C)C(=O)Nc2cccc3cccnc23)cc1. The zero-order valence-corrected chi connectivity index (χ0v) is 15.2. The Morgan fingerprint density at radius 2 is 1.88 bits per heavy atom. The third kappa shape index (κ3) is 4.39. The molecule has 3 rings (SSSR count). The second-order valence-electron chi connectivity index (χ2n) is 6.51. The number of aromatic nitrogens is 1. The van der Waals surface area contributed by atoms with Crippen molar-refractivity contribution in [2.45, 2.75) is 26.2 Å². The maximum atomic E-state index is 12.5. The van der Waals surface area contributed by atoms with E-state index in [9.17, 15) is 4.79 Å². The number of anilines is 1. The van der Waals surface area contributed by atoms with Crippen molar-refractivity contribution in [1.29, 1.82) is 0 Å². The van der Waals surface area contributed by atoms with Crippen molar-refractivity contribution >= 4 is 22.5 Å². The number of pyridine rings is 1. The standard InChI is InChI=1S/C22H24N2O2/c1-16(6-3-7-17-11-13-19(26-2)14-12-17)22(25)24-20-10-4-8-18-9-5-15-23-21(18)20/h4-5,8-16H,3,6-7H2,1-2H3,(H,24,25). The summed E-state index contributed by atoms with van der Waals surface area (Å²) in [5.41, 5.74) is 2.86. The number of hydrogen-bond acceptors (Lipinski definition) is 3. The van der Waals surface area contributed by atoms with Crippen molar-refractivity contribution in [3.8, 4) is 5.75 Å². The second-order valence-corrected chi connectivity index (χ2v) is 6.51. The van der Waals surface area contributed by atoms with E-state index in [1.807, 2.05) is 49.4 Å². The second kappa shape index (κ2) is 8.48. The minimum absolute atomic E-state index is 0.0397. The fourth-order valence-electron chi connectivity index (χ4n) is 3.00. The lowest BCUT2D eigenvalue weighted by molar-refractivity contribution is -0.119. The first-order chi connectivity index (χ1) is 12.7. The first-order valence-corrected chi connectivity index (χ1v) is 8.95. The van der Waals surface area contributed by atoms with Gasteiger partial charge in [0.15, 0.2) is 0 Å². The van der Waals surface area contributed by atoms with Crippen LogP contribution in [0.15, 0.2) is 60.8 Å². The summed E-state index contributed by atoms with van der Waals surface area (Å²) in [6.45, 7) is 1.97. The van der Waals surface area contributed by atoms with Crippen LogP contribution in [0.5, 0.6) is 5.75 Å². The number of carbonyl (C=O) groups excluding carboxylic acids is 1. The minimum atomic E-state index is -0.0489. The summed E-state index contributed by atoms with van der Waals surface area (Å²) < 4.78 is 5.17. The number of fused-ring (bicyclic) bond motifs is 1. The number of benzene rings is 2. The summed E-state index contributed by atoms with van der Waals surface area (Å²) in [4.78, 5) is 16.9. The van der Waals surface area contributed by atoms with Gasteiger partial charge in [-0.25, -0.2) is 0 Å². The van der Waals surface area contributed by atoms with E-state index in [1.165, 1.54) is 5.56 Å². The Kier molecular flexibility index (Phi) is 5.84. The van der Waals surface area contributed by atoms with E-state index in [0.29, 0.717) is 0 Å². The third-order valence-electron chi connectivity index (χ3n) is 4.60. The predicted octanol–water partition coefficient (Wildman–Crippen LogP) is 4.84. The van der Waals surface area contributed by atoms with Gasteiger partial charge >= 0.3 is 0 Å². The highest BCUT2D eigenvalue weighted by atomic mass is 16.5. The molecule has 1 N–H and O–H groups in total. The quantitative estimate of drug-likeness (QED) is 0.664. The number of nitrogens with one attached hydrogen (secondary N) is 1. The average Bonchev–Trinajstić information content (AvgIpc) is 2.68. The molecule has 0 spiro atoms. The summed E-state index contributed by atoms with van der Waals surface area (Å²) in [7, 11) is 1.67. The van der Waals surface area contributed by atoms with Crippen LogP contribution in [-0.2, 0) is 11.2 Å². The maximum Gasteiger partial charge on any atom is 0.227 e. The highest BCUT2D eigenvalue weighted by Gasteiger charge is 2.14. The lowest BCUT2D eigenvalue weighted by Gasteiger charge is -2.13. The molecule has 0 aliphatic rings. The third-order valence-corrected chi connectivity index (χ3v) is 4.60. The Morgan fingerprint density at radius 3 is 2.65 bits per heavy atom. The van der Waals surface area contributed by atoms with Crippen molar-refractivity contribution in [2.24, 2.45) is 5.92 Å². The van der Waals surface area contributed by atoms with E-state index < -0.39 is 0 Å². The number of rotatable bonds is 7. The van der Waals surface area contributed by atoms with E-state index in [-0.39, 0.29) is 11.8 Å². The topological polar surface area (TPSA) is 51.2 Å². The molecule has 0 fully saturated rings. The molecule has 4 nitrogen and oxygen atoms in total. The van der Waals surface area contributed by atoms with Crippen LogP contribution >= 0.6 is 0 Å². The van der Waals surface area contributed by atoms with Gasteiger partial charge in [-0.1, -0.05) is 37.3 Å². The first kappa shape index (κ1) is 17.9. The van der Waals surface area contributed by atoms with Crippen LogP contribution in [0.1, 0.15) is 25.3 Å². The highest BCUT2D eigenvalue weighted by molar-refractivity contribution is 6.00. The van der Waals surface area contributed by atoms with Crippen molar-refractivity contribution in [3.05, 3.63) is 66.4 Å². The van der Waals surface area contributed by atoms with Crippen LogP contribution in [0.4, 0.5) is 5.69 Å². The Bertz CT molecular complexity index is 869. The number of para-hydroxylation sites is 1. The summed E-state index contributed by atoms with van der Waals surface area (Å²) in [6.07, 6.45) is 4.51. The fourth-order valence-corrected chi connectivity index (χ4v) is 3.00. The Morgan fingerprint density at radius 1 is 1.12 bits per heavy atom. The van der Waals surface area contributed by atoms with Gasteiger partial charge in [0, 0.05) is 17.5 Å². The molecule has 1 heterocycles. The highest BCUT2D eigenvalue weighted by Crippen LogP contribution is 2.22. The Hall–Kier alpha value is -2.88. The monoisotopic (exact) mass is 348 g/mol. The molecule has 0 saturated carbocycles. The molecule has 2 aromatic carbocycles. The smallest absolute Gasteiger partial charge is 0.227 e. The average molecular weight is 348 g/mol. The lowest BCUT2D eigenvalue weighted by atomic mass is 10.00. The van der Waals surface area contributed by atoms with E-state index in [2.05, 4.69) is 22.4 Å². The van der Waals surface area contributed by atoms with Gasteiger partial charge in [0.25, 0.3) is 0 Å². The fraction of sp³-hybridized carbons (Fsp3) is 0.273. The zero-order chi connectivity index (χ0) is 18.4. The molecule has 4 heteroatoms. The molecule has 134 valence electrons. The predicted molar refractivity (Wildman–Crippen MR) is 105 cm³/mol. The summed E-state index contributed by atoms with van der Waals surface area (Å²) in [5.74, 6) is 0.857. The van der Waals surface area contributed by atoms with Gasteiger partial charge in [-0.3, -0.25) is 9.78 Å². The van der Waals surface area contributed by atoms with E-state index in [1.54, 1.807) is 13.3 Å². The molecule has 1 unspecified atom stereocenters. The van der Waals surface area contributed by atoms with Crippen molar-refractivity contribution in [1.82, 2.24) is 4.98 Å². The molecule has 1 amide bonds.